The number of aromatic amines is 1. The summed E-state index contributed by atoms with van der Waals surface area (Å²) in [5.74, 6) is -1.97. The fourth-order valence-electron chi connectivity index (χ4n) is 3.35. The van der Waals surface area contributed by atoms with E-state index in [1.807, 2.05) is 0 Å². The highest BCUT2D eigenvalue weighted by atomic mass is 19.2. The largest absolute Gasteiger partial charge is 0.337 e. The molecule has 0 saturated heterocycles. The smallest absolute Gasteiger partial charge is 0.169 e. The number of rotatable bonds is 4. The Labute approximate surface area is 175 Å². The van der Waals surface area contributed by atoms with Crippen LogP contribution in [0, 0.1) is 17.5 Å². The average Bonchev–Trinajstić information content (AvgIpc) is 3.19. The lowest BCUT2D eigenvalue weighted by atomic mass is 10.1. The number of imidazole rings is 1. The third-order valence-corrected chi connectivity index (χ3v) is 4.88. The van der Waals surface area contributed by atoms with Crippen LogP contribution in [-0.2, 0) is 13.1 Å². The molecule has 0 unspecified atom stereocenters. The number of benzene rings is 2. The lowest BCUT2D eigenvalue weighted by molar-refractivity contribution is 0.261. The molecule has 9 heteroatoms. The summed E-state index contributed by atoms with van der Waals surface area (Å²) in [5.41, 5.74) is 3.26. The van der Waals surface area contributed by atoms with E-state index in [2.05, 4.69) is 25.3 Å². The highest BCUT2D eigenvalue weighted by molar-refractivity contribution is 5.80. The second-order valence-electron chi connectivity index (χ2n) is 7.03. The summed E-state index contributed by atoms with van der Waals surface area (Å²) in [6.45, 7) is 0.746. The van der Waals surface area contributed by atoms with Gasteiger partial charge < -0.3 is 4.98 Å². The third-order valence-electron chi connectivity index (χ3n) is 4.88. The predicted molar refractivity (Wildman–Crippen MR) is 108 cm³/mol. The minimum Gasteiger partial charge on any atom is -0.337 e. The van der Waals surface area contributed by atoms with E-state index in [1.54, 1.807) is 35.5 Å². The van der Waals surface area contributed by atoms with Crippen LogP contribution in [0.5, 0.6) is 0 Å². The molecule has 0 fully saturated rings. The van der Waals surface area contributed by atoms with Gasteiger partial charge in [-0.05, 0) is 36.4 Å². The third kappa shape index (κ3) is 3.77. The summed E-state index contributed by atoms with van der Waals surface area (Å²) >= 11 is 0. The first kappa shape index (κ1) is 19.0. The van der Waals surface area contributed by atoms with Crippen LogP contribution in [-0.4, -0.2) is 31.4 Å². The van der Waals surface area contributed by atoms with Crippen LogP contribution < -0.4 is 0 Å². The topological polar surface area (TPSA) is 70.1 Å². The summed E-state index contributed by atoms with van der Waals surface area (Å²) in [6, 6.07) is 13.7. The summed E-state index contributed by atoms with van der Waals surface area (Å²) in [4.78, 5) is 7.39. The van der Waals surface area contributed by atoms with Crippen molar-refractivity contribution in [3.63, 3.8) is 0 Å². The number of nitrogens with zero attached hydrogens (tertiary/aromatic N) is 5. The molecule has 0 radical (unpaired) electrons. The van der Waals surface area contributed by atoms with Crippen LogP contribution in [0.15, 0.2) is 59.7 Å². The van der Waals surface area contributed by atoms with Crippen molar-refractivity contribution in [1.29, 1.82) is 0 Å². The highest BCUT2D eigenvalue weighted by Gasteiger charge is 2.20. The fraction of sp³-hybridized carbons (Fsp3) is 0.0909. The molecular weight excluding hydrogens is 405 g/mol. The number of halogens is 3. The molecule has 31 heavy (non-hydrogen) atoms. The van der Waals surface area contributed by atoms with Crippen molar-refractivity contribution in [1.82, 2.24) is 25.2 Å². The van der Waals surface area contributed by atoms with E-state index in [0.717, 1.165) is 6.07 Å². The first-order valence-electron chi connectivity index (χ1n) is 9.47. The van der Waals surface area contributed by atoms with Gasteiger partial charge in [0.25, 0.3) is 0 Å². The van der Waals surface area contributed by atoms with E-state index in [4.69, 9.17) is 0 Å². The zero-order chi connectivity index (χ0) is 21.4. The second kappa shape index (κ2) is 7.67. The Bertz CT molecular complexity index is 1280. The van der Waals surface area contributed by atoms with Gasteiger partial charge in [0.2, 0.25) is 0 Å². The summed E-state index contributed by atoms with van der Waals surface area (Å²) in [5, 5.41) is 14.5. The van der Waals surface area contributed by atoms with Crippen LogP contribution in [0.2, 0.25) is 0 Å². The van der Waals surface area contributed by atoms with Crippen molar-refractivity contribution < 1.29 is 13.2 Å². The maximum absolute atomic E-state index is 14.1. The van der Waals surface area contributed by atoms with E-state index in [0.29, 0.717) is 41.4 Å². The predicted octanol–water partition coefficient (Wildman–Crippen LogP) is 4.30. The normalized spacial score (nSPS) is 12.8. The molecule has 4 aromatic rings. The molecule has 1 aliphatic rings. The minimum absolute atomic E-state index is 0.0631. The summed E-state index contributed by atoms with van der Waals surface area (Å²) < 4.78 is 41.0. The first-order valence-corrected chi connectivity index (χ1v) is 9.47. The SMILES string of the molecule is Fc1cccc(-c2ccc(CN3Cc4nc(-c5cccc(F)c5F)[nH]c4C=N3)nn2)c1. The molecule has 0 amide bonds. The number of nitrogens with one attached hydrogen (secondary N) is 1. The molecule has 0 bridgehead atoms. The maximum Gasteiger partial charge on any atom is 0.169 e. The summed E-state index contributed by atoms with van der Waals surface area (Å²) in [7, 11) is 0. The van der Waals surface area contributed by atoms with Gasteiger partial charge in [0.15, 0.2) is 11.6 Å². The van der Waals surface area contributed by atoms with E-state index in [-0.39, 0.29) is 17.2 Å². The lowest BCUT2D eigenvalue weighted by Crippen LogP contribution is -2.22. The molecule has 5 rings (SSSR count). The Morgan fingerprint density at radius 3 is 2.65 bits per heavy atom. The fourth-order valence-corrected chi connectivity index (χ4v) is 3.35. The molecule has 1 aliphatic heterocycles. The summed E-state index contributed by atoms with van der Waals surface area (Å²) in [6.07, 6.45) is 1.58. The number of hydrazone groups is 1. The Kier molecular flexibility index (Phi) is 4.70. The van der Waals surface area contributed by atoms with E-state index < -0.39 is 11.6 Å². The van der Waals surface area contributed by atoms with Crippen LogP contribution in [0.1, 0.15) is 17.1 Å². The standard InChI is InChI=1S/C22H15F3N6/c23-14-4-1-3-13(9-14)18-8-7-15(29-30-18)11-31-12-20-19(10-26-31)27-22(28-20)16-5-2-6-17(24)21(16)25/h1-10H,11-12H2,(H,27,28). The van der Waals surface area contributed by atoms with Gasteiger partial charge in [-0.3, -0.25) is 5.01 Å². The Balaban J connectivity index is 1.31. The lowest BCUT2D eigenvalue weighted by Gasteiger charge is -2.20. The monoisotopic (exact) mass is 420 g/mol. The first-order chi connectivity index (χ1) is 15.1. The molecule has 2 aromatic carbocycles. The van der Waals surface area contributed by atoms with Gasteiger partial charge in [-0.15, -0.1) is 0 Å². The van der Waals surface area contributed by atoms with Crippen LogP contribution in [0.3, 0.4) is 0 Å². The van der Waals surface area contributed by atoms with E-state index in [9.17, 15) is 13.2 Å². The zero-order valence-electron chi connectivity index (χ0n) is 16.1. The van der Waals surface area contributed by atoms with Crippen molar-refractivity contribution in [2.75, 3.05) is 0 Å². The number of H-pyrrole nitrogens is 1. The van der Waals surface area contributed by atoms with Crippen molar-refractivity contribution in [2.24, 2.45) is 5.10 Å². The van der Waals surface area contributed by atoms with Gasteiger partial charge in [0.05, 0.1) is 47.6 Å². The van der Waals surface area contributed by atoms with Gasteiger partial charge in [-0.2, -0.15) is 15.3 Å². The molecular formula is C22H15F3N6. The Morgan fingerprint density at radius 2 is 1.84 bits per heavy atom. The Morgan fingerprint density at radius 1 is 0.968 bits per heavy atom. The maximum atomic E-state index is 14.1. The molecule has 6 nitrogen and oxygen atoms in total. The molecule has 0 saturated carbocycles. The van der Waals surface area contributed by atoms with Gasteiger partial charge in [-0.1, -0.05) is 18.2 Å². The van der Waals surface area contributed by atoms with Gasteiger partial charge >= 0.3 is 0 Å². The van der Waals surface area contributed by atoms with Crippen molar-refractivity contribution in [3.8, 4) is 22.6 Å². The van der Waals surface area contributed by atoms with E-state index in [1.165, 1.54) is 24.3 Å². The average molecular weight is 420 g/mol. The molecule has 0 atom stereocenters. The second-order valence-corrected chi connectivity index (χ2v) is 7.03. The quantitative estimate of drug-likeness (QED) is 0.535. The van der Waals surface area contributed by atoms with Crippen LogP contribution in [0.25, 0.3) is 22.6 Å². The molecule has 2 aromatic heterocycles. The van der Waals surface area contributed by atoms with Crippen LogP contribution in [0.4, 0.5) is 13.2 Å². The van der Waals surface area contributed by atoms with Crippen molar-refractivity contribution in [2.45, 2.75) is 13.1 Å². The number of hydrogen-bond donors (Lipinski definition) is 1. The molecule has 3 heterocycles. The number of aromatic nitrogens is 4. The van der Waals surface area contributed by atoms with Gasteiger partial charge in [0, 0.05) is 5.56 Å². The molecule has 1 N–H and O–H groups in total. The van der Waals surface area contributed by atoms with Crippen molar-refractivity contribution in [3.05, 3.63) is 89.1 Å². The number of hydrogen-bond acceptors (Lipinski definition) is 5. The molecule has 0 aliphatic carbocycles. The molecule has 0 spiro atoms. The number of fused-ring (bicyclic) bond motifs is 1. The highest BCUT2D eigenvalue weighted by Crippen LogP contribution is 2.25. The van der Waals surface area contributed by atoms with Gasteiger partial charge in [0.1, 0.15) is 11.6 Å². The van der Waals surface area contributed by atoms with Gasteiger partial charge in [-0.25, -0.2) is 18.2 Å². The van der Waals surface area contributed by atoms with Crippen LogP contribution >= 0.6 is 0 Å². The van der Waals surface area contributed by atoms with Crippen molar-refractivity contribution >= 4 is 6.21 Å². The van der Waals surface area contributed by atoms with E-state index >= 15 is 0 Å². The molecule has 154 valence electrons. The zero-order valence-corrected chi connectivity index (χ0v) is 16.1. The minimum atomic E-state index is -0.948. The Hall–Kier alpha value is -4.01.